The number of aryl methyl sites for hydroxylation is 1. The second-order valence-corrected chi connectivity index (χ2v) is 5.96. The molecule has 0 aromatic heterocycles. The Balaban J connectivity index is 1.94. The molecule has 0 amide bonds. The number of aliphatic hydroxyl groups is 1. The van der Waals surface area contributed by atoms with Crippen molar-refractivity contribution in [3.8, 4) is 0 Å². The second-order valence-electron chi connectivity index (χ2n) is 5.10. The molecule has 2 rings (SSSR count). The van der Waals surface area contributed by atoms with Gasteiger partial charge in [-0.15, -0.1) is 0 Å². The zero-order valence-corrected chi connectivity index (χ0v) is 11.9. The van der Waals surface area contributed by atoms with Crippen LogP contribution in [0.2, 0.25) is 0 Å². The molecule has 0 spiro atoms. The predicted molar refractivity (Wildman–Crippen MR) is 75.4 cm³/mol. The average molecular weight is 298 g/mol. The van der Waals surface area contributed by atoms with Crippen LogP contribution in [0.15, 0.2) is 22.7 Å². The van der Waals surface area contributed by atoms with E-state index in [1.54, 1.807) is 0 Å². The van der Waals surface area contributed by atoms with Crippen LogP contribution in [0, 0.1) is 6.92 Å². The van der Waals surface area contributed by atoms with Crippen molar-refractivity contribution < 1.29 is 5.11 Å². The van der Waals surface area contributed by atoms with E-state index in [-0.39, 0.29) is 0 Å². The number of rotatable bonds is 3. The molecule has 0 unspecified atom stereocenters. The van der Waals surface area contributed by atoms with Crippen molar-refractivity contribution in [3.05, 3.63) is 28.2 Å². The number of anilines is 1. The summed E-state index contributed by atoms with van der Waals surface area (Å²) in [7, 11) is 0. The van der Waals surface area contributed by atoms with E-state index in [2.05, 4.69) is 46.4 Å². The molecule has 1 aliphatic carbocycles. The smallest absolute Gasteiger partial charge is 0.0819 e. The largest absolute Gasteiger partial charge is 0.388 e. The summed E-state index contributed by atoms with van der Waals surface area (Å²) in [6.07, 6.45) is 5.41. The van der Waals surface area contributed by atoms with Gasteiger partial charge in [0.25, 0.3) is 0 Å². The van der Waals surface area contributed by atoms with Gasteiger partial charge in [-0.25, -0.2) is 0 Å². The highest BCUT2D eigenvalue weighted by Crippen LogP contribution is 2.29. The minimum absolute atomic E-state index is 0.504. The van der Waals surface area contributed by atoms with Crippen molar-refractivity contribution in [1.29, 1.82) is 0 Å². The summed E-state index contributed by atoms with van der Waals surface area (Å²) in [4.78, 5) is 0. The second kappa shape index (κ2) is 5.40. The van der Waals surface area contributed by atoms with Crippen LogP contribution in [0.4, 0.5) is 5.69 Å². The van der Waals surface area contributed by atoms with Crippen molar-refractivity contribution in [2.24, 2.45) is 0 Å². The van der Waals surface area contributed by atoms with Gasteiger partial charge in [0.15, 0.2) is 0 Å². The van der Waals surface area contributed by atoms with E-state index in [0.717, 1.165) is 35.8 Å². The van der Waals surface area contributed by atoms with Crippen LogP contribution in [0.1, 0.15) is 37.7 Å². The third-order valence-corrected chi connectivity index (χ3v) is 4.43. The molecule has 0 aliphatic heterocycles. The lowest BCUT2D eigenvalue weighted by Gasteiger charge is -2.32. The van der Waals surface area contributed by atoms with Gasteiger partial charge in [-0.05, 0) is 37.5 Å². The van der Waals surface area contributed by atoms with Gasteiger partial charge in [-0.2, -0.15) is 0 Å². The van der Waals surface area contributed by atoms with E-state index in [1.165, 1.54) is 12.0 Å². The summed E-state index contributed by atoms with van der Waals surface area (Å²) in [6, 6.07) is 6.21. The topological polar surface area (TPSA) is 32.3 Å². The van der Waals surface area contributed by atoms with Crippen molar-refractivity contribution in [2.45, 2.75) is 44.6 Å². The molecule has 0 saturated heterocycles. The summed E-state index contributed by atoms with van der Waals surface area (Å²) in [5, 5.41) is 13.7. The Bertz CT molecular complexity index is 386. The number of halogens is 1. The SMILES string of the molecule is Cc1ccc(NCC2(O)CCCCC2)cc1Br. The first-order valence-corrected chi connectivity index (χ1v) is 7.11. The Morgan fingerprint density at radius 3 is 2.65 bits per heavy atom. The number of hydrogen-bond acceptors (Lipinski definition) is 2. The zero-order valence-electron chi connectivity index (χ0n) is 10.3. The fraction of sp³-hybridized carbons (Fsp3) is 0.571. The van der Waals surface area contributed by atoms with E-state index in [4.69, 9.17) is 0 Å². The van der Waals surface area contributed by atoms with Gasteiger partial charge in [0.05, 0.1) is 5.60 Å². The van der Waals surface area contributed by atoms with Crippen molar-refractivity contribution in [3.63, 3.8) is 0 Å². The summed E-state index contributed by atoms with van der Waals surface area (Å²) >= 11 is 3.52. The molecule has 2 nitrogen and oxygen atoms in total. The van der Waals surface area contributed by atoms with E-state index >= 15 is 0 Å². The first-order valence-electron chi connectivity index (χ1n) is 6.31. The first-order chi connectivity index (χ1) is 8.09. The number of hydrogen-bond donors (Lipinski definition) is 2. The van der Waals surface area contributed by atoms with E-state index in [9.17, 15) is 5.11 Å². The van der Waals surface area contributed by atoms with Crippen molar-refractivity contribution in [1.82, 2.24) is 0 Å². The lowest BCUT2D eigenvalue weighted by molar-refractivity contribution is 0.0167. The fourth-order valence-corrected chi connectivity index (χ4v) is 2.73. The highest BCUT2D eigenvalue weighted by atomic mass is 79.9. The normalized spacial score (nSPS) is 19.0. The number of benzene rings is 1. The third-order valence-electron chi connectivity index (χ3n) is 3.58. The highest BCUT2D eigenvalue weighted by molar-refractivity contribution is 9.10. The fourth-order valence-electron chi connectivity index (χ4n) is 2.36. The molecule has 94 valence electrons. The molecule has 0 atom stereocenters. The van der Waals surface area contributed by atoms with Crippen LogP contribution in [0.5, 0.6) is 0 Å². The van der Waals surface area contributed by atoms with Crippen molar-refractivity contribution in [2.75, 3.05) is 11.9 Å². The molecule has 17 heavy (non-hydrogen) atoms. The molecule has 1 fully saturated rings. The minimum Gasteiger partial charge on any atom is -0.388 e. The van der Waals surface area contributed by atoms with Gasteiger partial charge in [0.1, 0.15) is 0 Å². The molecule has 1 saturated carbocycles. The van der Waals surface area contributed by atoms with Crippen LogP contribution < -0.4 is 5.32 Å². The predicted octanol–water partition coefficient (Wildman–Crippen LogP) is 3.86. The molecule has 1 aromatic carbocycles. The standard InChI is InChI=1S/C14H20BrNO/c1-11-5-6-12(9-13(11)15)16-10-14(17)7-3-2-4-8-14/h5-6,9,16-17H,2-4,7-8,10H2,1H3. The van der Waals surface area contributed by atoms with Crippen LogP contribution in [0.3, 0.4) is 0 Å². The Kier molecular flexibility index (Phi) is 4.10. The Hall–Kier alpha value is -0.540. The zero-order chi connectivity index (χ0) is 12.3. The average Bonchev–Trinajstić information content (AvgIpc) is 2.32. The lowest BCUT2D eigenvalue weighted by Crippen LogP contribution is -2.38. The Morgan fingerprint density at radius 1 is 1.29 bits per heavy atom. The minimum atomic E-state index is -0.504. The van der Waals surface area contributed by atoms with Crippen molar-refractivity contribution >= 4 is 21.6 Å². The number of nitrogens with one attached hydrogen (secondary N) is 1. The van der Waals surface area contributed by atoms with Gasteiger partial charge in [-0.3, -0.25) is 0 Å². The van der Waals surface area contributed by atoms with Gasteiger partial charge in [0, 0.05) is 16.7 Å². The molecule has 3 heteroatoms. The van der Waals surface area contributed by atoms with Gasteiger partial charge < -0.3 is 10.4 Å². The van der Waals surface area contributed by atoms with E-state index in [0.29, 0.717) is 6.54 Å². The van der Waals surface area contributed by atoms with Crippen LogP contribution in [-0.4, -0.2) is 17.3 Å². The van der Waals surface area contributed by atoms with E-state index in [1.807, 2.05) is 0 Å². The van der Waals surface area contributed by atoms with Crippen LogP contribution in [0.25, 0.3) is 0 Å². The molecule has 1 aromatic rings. The molecule has 0 heterocycles. The molecule has 2 N–H and O–H groups in total. The molecular formula is C14H20BrNO. The molecule has 0 bridgehead atoms. The monoisotopic (exact) mass is 297 g/mol. The van der Waals surface area contributed by atoms with Gasteiger partial charge >= 0.3 is 0 Å². The summed E-state index contributed by atoms with van der Waals surface area (Å²) in [6.45, 7) is 2.73. The lowest BCUT2D eigenvalue weighted by atomic mass is 9.85. The van der Waals surface area contributed by atoms with Crippen LogP contribution >= 0.6 is 15.9 Å². The quantitative estimate of drug-likeness (QED) is 0.888. The Labute approximate surface area is 112 Å². The molecule has 1 aliphatic rings. The molecule has 0 radical (unpaired) electrons. The third kappa shape index (κ3) is 3.46. The van der Waals surface area contributed by atoms with Gasteiger partial charge in [-0.1, -0.05) is 41.3 Å². The summed E-state index contributed by atoms with van der Waals surface area (Å²) < 4.78 is 1.11. The summed E-state index contributed by atoms with van der Waals surface area (Å²) in [5.74, 6) is 0. The van der Waals surface area contributed by atoms with Gasteiger partial charge in [0.2, 0.25) is 0 Å². The Morgan fingerprint density at radius 2 is 2.00 bits per heavy atom. The summed E-state index contributed by atoms with van der Waals surface area (Å²) in [5.41, 5.74) is 1.80. The maximum Gasteiger partial charge on any atom is 0.0819 e. The maximum absolute atomic E-state index is 10.4. The molecular weight excluding hydrogens is 278 g/mol. The van der Waals surface area contributed by atoms with E-state index < -0.39 is 5.60 Å². The maximum atomic E-state index is 10.4. The van der Waals surface area contributed by atoms with Crippen LogP contribution in [-0.2, 0) is 0 Å². The highest BCUT2D eigenvalue weighted by Gasteiger charge is 2.28. The first kappa shape index (κ1) is 12.9.